The molecule has 2 aromatic heterocycles. The van der Waals surface area contributed by atoms with Gasteiger partial charge in [0.05, 0.1) is 0 Å². The van der Waals surface area contributed by atoms with Crippen molar-refractivity contribution in [3.8, 4) is 11.1 Å². The summed E-state index contributed by atoms with van der Waals surface area (Å²) in [5, 5.41) is 4.05. The van der Waals surface area contributed by atoms with Crippen LogP contribution in [0.3, 0.4) is 0 Å². The molecule has 7 rings (SSSR count). The zero-order valence-corrected chi connectivity index (χ0v) is 14.7. The second kappa shape index (κ2) is 4.70. The van der Waals surface area contributed by atoms with Crippen molar-refractivity contribution in [2.75, 3.05) is 0 Å². The van der Waals surface area contributed by atoms with Gasteiger partial charge in [0.1, 0.15) is 22.3 Å². The van der Waals surface area contributed by atoms with Crippen LogP contribution in [0.1, 0.15) is 15.9 Å². The number of ketones is 1. The Hall–Kier alpha value is -3.85. The lowest BCUT2D eigenvalue weighted by atomic mass is 9.95. The van der Waals surface area contributed by atoms with Crippen LogP contribution in [0.25, 0.3) is 55.0 Å². The first-order chi connectivity index (χ1) is 13.8. The zero-order valence-electron chi connectivity index (χ0n) is 14.7. The molecule has 0 unspecified atom stereocenters. The summed E-state index contributed by atoms with van der Waals surface area (Å²) in [6.45, 7) is 0. The van der Waals surface area contributed by atoms with Crippen LogP contribution in [0.5, 0.6) is 0 Å². The fourth-order valence-corrected chi connectivity index (χ4v) is 4.68. The molecule has 0 saturated carbocycles. The summed E-state index contributed by atoms with van der Waals surface area (Å²) in [5.74, 6) is 0.0596. The standard InChI is InChI=1S/C25H12O3/c26-25-15-9-11-19-21(13-5-1-3-7-17(13)27-19)23(15)24-16(25)10-12-20-22(24)14-6-2-4-8-18(14)28-20/h1-12H. The van der Waals surface area contributed by atoms with Gasteiger partial charge in [-0.1, -0.05) is 36.4 Å². The molecular formula is C25H12O3. The van der Waals surface area contributed by atoms with Gasteiger partial charge in [-0.2, -0.15) is 0 Å². The van der Waals surface area contributed by atoms with Gasteiger partial charge in [0, 0.05) is 43.8 Å². The maximum absolute atomic E-state index is 13.2. The minimum Gasteiger partial charge on any atom is -0.456 e. The topological polar surface area (TPSA) is 43.4 Å². The Morgan fingerprint density at radius 2 is 0.964 bits per heavy atom. The van der Waals surface area contributed by atoms with Gasteiger partial charge in [-0.05, 0) is 36.4 Å². The summed E-state index contributed by atoms with van der Waals surface area (Å²) in [7, 11) is 0. The predicted octanol–water partition coefficient (Wildman–Crippen LogP) is 6.70. The van der Waals surface area contributed by atoms with Crippen LogP contribution in [-0.4, -0.2) is 5.78 Å². The highest BCUT2D eigenvalue weighted by molar-refractivity contribution is 6.34. The third kappa shape index (κ3) is 1.54. The number of hydrogen-bond donors (Lipinski definition) is 0. The van der Waals surface area contributed by atoms with E-state index in [2.05, 4.69) is 12.1 Å². The van der Waals surface area contributed by atoms with Crippen molar-refractivity contribution < 1.29 is 13.6 Å². The van der Waals surface area contributed by atoms with Gasteiger partial charge in [0.2, 0.25) is 0 Å². The molecule has 3 heteroatoms. The Morgan fingerprint density at radius 1 is 0.500 bits per heavy atom. The quantitative estimate of drug-likeness (QED) is 0.302. The van der Waals surface area contributed by atoms with Crippen molar-refractivity contribution in [3.05, 3.63) is 83.9 Å². The highest BCUT2D eigenvalue weighted by Crippen LogP contribution is 2.49. The van der Waals surface area contributed by atoms with Crippen molar-refractivity contribution in [2.45, 2.75) is 0 Å². The zero-order chi connectivity index (χ0) is 18.4. The summed E-state index contributed by atoms with van der Waals surface area (Å²) in [5.41, 5.74) is 6.63. The number of benzene rings is 4. The Kier molecular flexibility index (Phi) is 2.39. The Balaban J connectivity index is 1.78. The van der Waals surface area contributed by atoms with E-state index in [0.717, 1.165) is 66.1 Å². The van der Waals surface area contributed by atoms with Crippen LogP contribution in [0.2, 0.25) is 0 Å². The number of rotatable bonds is 0. The molecule has 0 saturated heterocycles. The van der Waals surface area contributed by atoms with Crippen LogP contribution in [0, 0.1) is 0 Å². The number of fused-ring (bicyclic) bond motifs is 11. The highest BCUT2D eigenvalue weighted by atomic mass is 16.3. The van der Waals surface area contributed by atoms with Crippen molar-refractivity contribution >= 4 is 49.7 Å². The van der Waals surface area contributed by atoms with Gasteiger partial charge in [-0.3, -0.25) is 4.79 Å². The second-order valence-electron chi connectivity index (χ2n) is 7.25. The normalized spacial score (nSPS) is 13.1. The largest absolute Gasteiger partial charge is 0.456 e. The number of furan rings is 2. The fourth-order valence-electron chi connectivity index (χ4n) is 4.68. The highest BCUT2D eigenvalue weighted by Gasteiger charge is 2.33. The SMILES string of the molecule is O=C1c2ccc3oc4ccccc4c3c2-c2c1ccc1oc3ccccc3c21. The maximum Gasteiger partial charge on any atom is 0.194 e. The van der Waals surface area contributed by atoms with Crippen molar-refractivity contribution in [2.24, 2.45) is 0 Å². The number of para-hydroxylation sites is 2. The predicted molar refractivity (Wildman–Crippen MR) is 110 cm³/mol. The van der Waals surface area contributed by atoms with E-state index in [4.69, 9.17) is 8.83 Å². The van der Waals surface area contributed by atoms with E-state index in [1.54, 1.807) is 0 Å². The molecule has 0 atom stereocenters. The van der Waals surface area contributed by atoms with Gasteiger partial charge >= 0.3 is 0 Å². The summed E-state index contributed by atoms with van der Waals surface area (Å²) < 4.78 is 12.1. The van der Waals surface area contributed by atoms with Crippen molar-refractivity contribution in [1.82, 2.24) is 0 Å². The van der Waals surface area contributed by atoms with Crippen molar-refractivity contribution in [1.29, 1.82) is 0 Å². The third-order valence-electron chi connectivity index (χ3n) is 5.83. The molecule has 28 heavy (non-hydrogen) atoms. The second-order valence-corrected chi connectivity index (χ2v) is 7.25. The lowest BCUT2D eigenvalue weighted by molar-refractivity contribution is 0.104. The third-order valence-corrected chi connectivity index (χ3v) is 5.83. The van der Waals surface area contributed by atoms with Crippen molar-refractivity contribution in [3.63, 3.8) is 0 Å². The van der Waals surface area contributed by atoms with Gasteiger partial charge in [0.25, 0.3) is 0 Å². The van der Waals surface area contributed by atoms with Gasteiger partial charge in [-0.25, -0.2) is 0 Å². The molecule has 0 spiro atoms. The molecule has 0 radical (unpaired) electrons. The van der Waals surface area contributed by atoms with Crippen LogP contribution < -0.4 is 0 Å². The molecule has 0 N–H and O–H groups in total. The lowest BCUT2D eigenvalue weighted by Gasteiger charge is -2.04. The van der Waals surface area contributed by atoms with E-state index in [1.165, 1.54) is 0 Å². The van der Waals surface area contributed by atoms with Crippen LogP contribution in [-0.2, 0) is 0 Å². The van der Waals surface area contributed by atoms with Crippen LogP contribution in [0.4, 0.5) is 0 Å². The molecular weight excluding hydrogens is 348 g/mol. The minimum absolute atomic E-state index is 0.0596. The summed E-state index contributed by atoms with van der Waals surface area (Å²) in [6.07, 6.45) is 0. The Labute approximate surface area is 158 Å². The van der Waals surface area contributed by atoms with Gasteiger partial charge in [-0.15, -0.1) is 0 Å². The van der Waals surface area contributed by atoms with E-state index in [0.29, 0.717) is 0 Å². The molecule has 1 aliphatic carbocycles. The van der Waals surface area contributed by atoms with Crippen LogP contribution >= 0.6 is 0 Å². The fraction of sp³-hybridized carbons (Fsp3) is 0. The van der Waals surface area contributed by atoms with Gasteiger partial charge in [0.15, 0.2) is 5.78 Å². The molecule has 4 aromatic carbocycles. The summed E-state index contributed by atoms with van der Waals surface area (Å²) in [4.78, 5) is 13.2. The average Bonchev–Trinajstić information content (AvgIpc) is 3.37. The molecule has 0 aliphatic heterocycles. The summed E-state index contributed by atoms with van der Waals surface area (Å²) in [6, 6.07) is 23.6. The molecule has 0 fully saturated rings. The molecule has 2 heterocycles. The molecule has 0 bridgehead atoms. The first-order valence-corrected chi connectivity index (χ1v) is 9.25. The Morgan fingerprint density at radius 3 is 1.46 bits per heavy atom. The lowest BCUT2D eigenvalue weighted by Crippen LogP contribution is -1.94. The van der Waals surface area contributed by atoms with E-state index in [-0.39, 0.29) is 5.78 Å². The molecule has 0 amide bonds. The van der Waals surface area contributed by atoms with E-state index in [9.17, 15) is 4.79 Å². The maximum atomic E-state index is 13.2. The molecule has 3 nitrogen and oxygen atoms in total. The minimum atomic E-state index is 0.0596. The monoisotopic (exact) mass is 360 g/mol. The Bertz CT molecular complexity index is 1510. The van der Waals surface area contributed by atoms with E-state index in [1.807, 2.05) is 60.7 Å². The average molecular weight is 360 g/mol. The van der Waals surface area contributed by atoms with Crippen LogP contribution in [0.15, 0.2) is 81.6 Å². The first kappa shape index (κ1) is 14.2. The molecule has 6 aromatic rings. The first-order valence-electron chi connectivity index (χ1n) is 9.25. The smallest absolute Gasteiger partial charge is 0.194 e. The number of carbonyl (C=O) groups excluding carboxylic acids is 1. The van der Waals surface area contributed by atoms with Gasteiger partial charge < -0.3 is 8.83 Å². The van der Waals surface area contributed by atoms with E-state index >= 15 is 0 Å². The number of hydrogen-bond acceptors (Lipinski definition) is 3. The number of carbonyl (C=O) groups is 1. The summed E-state index contributed by atoms with van der Waals surface area (Å²) >= 11 is 0. The molecule has 130 valence electrons. The molecule has 1 aliphatic rings. The van der Waals surface area contributed by atoms with E-state index < -0.39 is 0 Å².